The molecule has 4 rings (SSSR count). The van der Waals surface area contributed by atoms with E-state index in [1.165, 1.54) is 25.5 Å². The third-order valence-corrected chi connectivity index (χ3v) is 6.10. The molecule has 2 fully saturated rings. The maximum atomic E-state index is 11.4. The molecule has 0 amide bonds. The minimum atomic E-state index is -0.907. The van der Waals surface area contributed by atoms with E-state index < -0.39 is 5.97 Å². The van der Waals surface area contributed by atoms with Gasteiger partial charge in [0.1, 0.15) is 0 Å². The van der Waals surface area contributed by atoms with Crippen molar-refractivity contribution < 1.29 is 9.90 Å². The topological polar surface area (TPSA) is 71.2 Å². The van der Waals surface area contributed by atoms with Crippen LogP contribution in [0.3, 0.4) is 0 Å². The summed E-state index contributed by atoms with van der Waals surface area (Å²) >= 11 is 0. The maximum Gasteiger partial charge on any atom is 0.336 e. The number of hydrogen-bond acceptors (Lipinski definition) is 4. The van der Waals surface area contributed by atoms with Crippen LogP contribution >= 0.6 is 0 Å². The molecular formula is C20H26N4O2. The van der Waals surface area contributed by atoms with Gasteiger partial charge in [-0.25, -0.2) is 4.79 Å². The van der Waals surface area contributed by atoms with Crippen LogP contribution < -0.4 is 0 Å². The van der Waals surface area contributed by atoms with Crippen molar-refractivity contribution in [1.82, 2.24) is 19.7 Å². The van der Waals surface area contributed by atoms with Gasteiger partial charge < -0.3 is 10.0 Å². The molecule has 26 heavy (non-hydrogen) atoms. The number of aromatic nitrogens is 3. The number of nitrogens with zero attached hydrogens (tertiary/aromatic N) is 4. The number of carboxylic acids is 1. The number of hydrogen-bond donors (Lipinski definition) is 1. The van der Waals surface area contributed by atoms with Crippen LogP contribution in [0.4, 0.5) is 0 Å². The van der Waals surface area contributed by atoms with Gasteiger partial charge in [0.05, 0.1) is 17.8 Å². The fourth-order valence-corrected chi connectivity index (χ4v) is 4.23. The largest absolute Gasteiger partial charge is 0.478 e. The second-order valence-corrected chi connectivity index (χ2v) is 7.57. The van der Waals surface area contributed by atoms with Gasteiger partial charge in [-0.1, -0.05) is 6.42 Å². The maximum absolute atomic E-state index is 11.4. The summed E-state index contributed by atoms with van der Waals surface area (Å²) in [7, 11) is 0. The fourth-order valence-electron chi connectivity index (χ4n) is 4.23. The van der Waals surface area contributed by atoms with Gasteiger partial charge in [-0.3, -0.25) is 9.67 Å². The van der Waals surface area contributed by atoms with Gasteiger partial charge in [-0.05, 0) is 49.8 Å². The zero-order chi connectivity index (χ0) is 18.1. The molecule has 0 spiro atoms. The zero-order valence-electron chi connectivity index (χ0n) is 15.3. The molecule has 0 bridgehead atoms. The first-order valence-corrected chi connectivity index (χ1v) is 9.56. The number of aromatic carboxylic acids is 1. The lowest BCUT2D eigenvalue weighted by Crippen LogP contribution is -2.45. The summed E-state index contributed by atoms with van der Waals surface area (Å²) in [5, 5.41) is 14.0. The van der Waals surface area contributed by atoms with Crippen molar-refractivity contribution in [2.24, 2.45) is 0 Å². The van der Waals surface area contributed by atoms with E-state index in [0.717, 1.165) is 48.8 Å². The molecule has 2 aromatic heterocycles. The van der Waals surface area contributed by atoms with Crippen LogP contribution in [-0.2, 0) is 6.42 Å². The third kappa shape index (κ3) is 3.26. The summed E-state index contributed by atoms with van der Waals surface area (Å²) in [6.45, 7) is 4.42. The molecule has 138 valence electrons. The number of piperidine rings is 1. The van der Waals surface area contributed by atoms with Gasteiger partial charge in [0, 0.05) is 43.6 Å². The van der Waals surface area contributed by atoms with Crippen LogP contribution in [0.1, 0.15) is 65.3 Å². The molecule has 3 heterocycles. The Morgan fingerprint density at radius 1 is 1.15 bits per heavy atom. The fraction of sp³-hybridized carbons (Fsp3) is 0.550. The van der Waals surface area contributed by atoms with Crippen LogP contribution in [0.5, 0.6) is 0 Å². The zero-order valence-corrected chi connectivity index (χ0v) is 15.3. The molecule has 2 aliphatic rings. The summed E-state index contributed by atoms with van der Waals surface area (Å²) in [4.78, 5) is 18.2. The monoisotopic (exact) mass is 354 g/mol. The number of pyridine rings is 1. The standard InChI is InChI=1S/C20H26N4O2/c1-14-15(11-16-12-21-8-5-19(16)20(25)26)13-22-24(14)18-6-9-23(10-7-18)17-3-2-4-17/h5,8,12-13,17-18H,2-4,6-7,9-11H2,1H3,(H,25,26). The van der Waals surface area contributed by atoms with Crippen LogP contribution in [0.25, 0.3) is 0 Å². The average molecular weight is 354 g/mol. The van der Waals surface area contributed by atoms with Gasteiger partial charge >= 0.3 is 5.97 Å². The highest BCUT2D eigenvalue weighted by molar-refractivity contribution is 5.89. The minimum Gasteiger partial charge on any atom is -0.478 e. The van der Waals surface area contributed by atoms with E-state index in [9.17, 15) is 9.90 Å². The van der Waals surface area contributed by atoms with E-state index in [4.69, 9.17) is 0 Å². The van der Waals surface area contributed by atoms with Crippen molar-refractivity contribution in [2.45, 2.75) is 57.5 Å². The molecule has 0 radical (unpaired) electrons. The molecule has 1 N–H and O–H groups in total. The Hall–Kier alpha value is -2.21. The van der Waals surface area contributed by atoms with Crippen molar-refractivity contribution >= 4 is 5.97 Å². The van der Waals surface area contributed by atoms with Crippen molar-refractivity contribution in [2.75, 3.05) is 13.1 Å². The second-order valence-electron chi connectivity index (χ2n) is 7.57. The van der Waals surface area contributed by atoms with Crippen molar-refractivity contribution in [3.8, 4) is 0 Å². The van der Waals surface area contributed by atoms with Crippen molar-refractivity contribution in [3.05, 3.63) is 47.0 Å². The van der Waals surface area contributed by atoms with Crippen molar-refractivity contribution in [3.63, 3.8) is 0 Å². The van der Waals surface area contributed by atoms with Gasteiger partial charge in [-0.15, -0.1) is 0 Å². The van der Waals surface area contributed by atoms with Gasteiger partial charge in [0.25, 0.3) is 0 Å². The van der Waals surface area contributed by atoms with Gasteiger partial charge in [0.2, 0.25) is 0 Å². The van der Waals surface area contributed by atoms with Gasteiger partial charge in [-0.2, -0.15) is 5.10 Å². The Morgan fingerprint density at radius 2 is 1.92 bits per heavy atom. The Bertz CT molecular complexity index is 789. The third-order valence-electron chi connectivity index (χ3n) is 6.10. The van der Waals surface area contributed by atoms with Crippen LogP contribution in [0.15, 0.2) is 24.7 Å². The summed E-state index contributed by atoms with van der Waals surface area (Å²) in [6, 6.07) is 2.84. The summed E-state index contributed by atoms with van der Waals surface area (Å²) in [5.74, 6) is -0.907. The summed E-state index contributed by atoms with van der Waals surface area (Å²) < 4.78 is 2.16. The number of carbonyl (C=O) groups is 1. The molecular weight excluding hydrogens is 328 g/mol. The van der Waals surface area contributed by atoms with E-state index in [1.807, 2.05) is 6.20 Å². The molecule has 6 nitrogen and oxygen atoms in total. The van der Waals surface area contributed by atoms with E-state index in [1.54, 1.807) is 12.3 Å². The first-order chi connectivity index (χ1) is 12.6. The first kappa shape index (κ1) is 17.2. The normalized spacial score (nSPS) is 19.4. The predicted octanol–water partition coefficient (Wildman–Crippen LogP) is 3.06. The van der Waals surface area contributed by atoms with Crippen LogP contribution in [0.2, 0.25) is 0 Å². The van der Waals surface area contributed by atoms with E-state index in [0.29, 0.717) is 18.0 Å². The molecule has 0 atom stereocenters. The quantitative estimate of drug-likeness (QED) is 0.893. The molecule has 0 aromatic carbocycles. The Balaban J connectivity index is 1.46. The van der Waals surface area contributed by atoms with E-state index in [2.05, 4.69) is 26.6 Å². The summed E-state index contributed by atoms with van der Waals surface area (Å²) in [5.41, 5.74) is 3.29. The van der Waals surface area contributed by atoms with Crippen molar-refractivity contribution in [1.29, 1.82) is 0 Å². The number of rotatable bonds is 5. The highest BCUT2D eigenvalue weighted by Gasteiger charge is 2.30. The Morgan fingerprint density at radius 3 is 2.58 bits per heavy atom. The molecule has 1 aliphatic carbocycles. The molecule has 1 saturated carbocycles. The molecule has 1 aliphatic heterocycles. The lowest BCUT2D eigenvalue weighted by molar-refractivity contribution is 0.0695. The van der Waals surface area contributed by atoms with Crippen LogP contribution in [-0.4, -0.2) is 49.9 Å². The highest BCUT2D eigenvalue weighted by atomic mass is 16.4. The van der Waals surface area contributed by atoms with E-state index >= 15 is 0 Å². The lowest BCUT2D eigenvalue weighted by atomic mass is 9.89. The minimum absolute atomic E-state index is 0.320. The molecule has 1 saturated heterocycles. The SMILES string of the molecule is Cc1c(Cc2cnccc2C(=O)O)cnn1C1CCN(C2CCC2)CC1. The summed E-state index contributed by atoms with van der Waals surface area (Å²) in [6.07, 6.45) is 12.0. The Kier molecular flexibility index (Phi) is 4.76. The van der Waals surface area contributed by atoms with E-state index in [-0.39, 0.29) is 0 Å². The number of likely N-dealkylation sites (tertiary alicyclic amines) is 1. The van der Waals surface area contributed by atoms with Gasteiger partial charge in [0.15, 0.2) is 0 Å². The molecule has 2 aromatic rings. The Labute approximate surface area is 153 Å². The second kappa shape index (κ2) is 7.19. The van der Waals surface area contributed by atoms with Crippen LogP contribution in [0, 0.1) is 6.92 Å². The molecule has 0 unspecified atom stereocenters. The highest BCUT2D eigenvalue weighted by Crippen LogP contribution is 2.31. The number of carboxylic acid groups (broad SMARTS) is 1. The first-order valence-electron chi connectivity index (χ1n) is 9.56. The lowest BCUT2D eigenvalue weighted by Gasteiger charge is -2.42. The molecule has 6 heteroatoms. The average Bonchev–Trinajstić information content (AvgIpc) is 2.95. The predicted molar refractivity (Wildman–Crippen MR) is 98.4 cm³/mol. The smallest absolute Gasteiger partial charge is 0.336 e.